The first-order chi connectivity index (χ1) is 15.1. The number of hydrogen-bond acceptors (Lipinski definition) is 7. The lowest BCUT2D eigenvalue weighted by atomic mass is 10.3. The molecule has 0 aliphatic carbocycles. The number of aromatic nitrogens is 3. The van der Waals surface area contributed by atoms with Gasteiger partial charge in [0.25, 0.3) is 5.91 Å². The van der Waals surface area contributed by atoms with Gasteiger partial charge in [-0.2, -0.15) is 5.10 Å². The van der Waals surface area contributed by atoms with E-state index >= 15 is 0 Å². The van der Waals surface area contributed by atoms with Crippen LogP contribution in [0.4, 0.5) is 5.13 Å². The lowest BCUT2D eigenvalue weighted by molar-refractivity contribution is 0.0376. The summed E-state index contributed by atoms with van der Waals surface area (Å²) in [5.74, 6) is 0.687. The molecule has 1 aliphatic heterocycles. The second-order valence-corrected chi connectivity index (χ2v) is 8.86. The van der Waals surface area contributed by atoms with Crippen LogP contribution in [0.5, 0.6) is 5.75 Å². The molecule has 1 saturated heterocycles. The summed E-state index contributed by atoms with van der Waals surface area (Å²) in [5.41, 5.74) is 1.42. The number of carbonyl (C=O) groups is 1. The number of fused-ring (bicyclic) bond motifs is 1. The Balaban J connectivity index is 1.60. The Labute approximate surface area is 186 Å². The van der Waals surface area contributed by atoms with Crippen molar-refractivity contribution in [3.05, 3.63) is 36.2 Å². The molecule has 3 heterocycles. The molecule has 1 aliphatic rings. The maximum atomic E-state index is 13.6. The largest absolute Gasteiger partial charge is 0.497 e. The Morgan fingerprint density at radius 3 is 2.84 bits per heavy atom. The topological polar surface area (TPSA) is 72.7 Å². The van der Waals surface area contributed by atoms with Gasteiger partial charge >= 0.3 is 0 Å². The predicted molar refractivity (Wildman–Crippen MR) is 122 cm³/mol. The summed E-state index contributed by atoms with van der Waals surface area (Å²) < 4.78 is 13.6. The van der Waals surface area contributed by atoms with Gasteiger partial charge in [-0.1, -0.05) is 11.3 Å². The lowest BCUT2D eigenvalue weighted by Crippen LogP contribution is -2.39. The van der Waals surface area contributed by atoms with Crippen LogP contribution in [-0.2, 0) is 4.74 Å². The fourth-order valence-corrected chi connectivity index (χ4v) is 4.70. The minimum atomic E-state index is -0.0702. The number of hydrogen-bond donors (Lipinski definition) is 0. The van der Waals surface area contributed by atoms with Crippen LogP contribution < -0.4 is 9.64 Å². The summed E-state index contributed by atoms with van der Waals surface area (Å²) in [6, 6.07) is 7.70. The number of amides is 1. The predicted octanol–water partition coefficient (Wildman–Crippen LogP) is 3.45. The van der Waals surface area contributed by atoms with Crippen molar-refractivity contribution in [3.63, 3.8) is 0 Å². The van der Waals surface area contributed by atoms with E-state index in [2.05, 4.69) is 10.00 Å². The van der Waals surface area contributed by atoms with Crippen molar-refractivity contribution in [2.75, 3.05) is 51.4 Å². The minimum Gasteiger partial charge on any atom is -0.497 e. The van der Waals surface area contributed by atoms with Gasteiger partial charge in [0.05, 0.1) is 30.5 Å². The van der Waals surface area contributed by atoms with Crippen LogP contribution in [-0.4, -0.2) is 72.1 Å². The molecule has 0 saturated carbocycles. The molecule has 0 atom stereocenters. The van der Waals surface area contributed by atoms with E-state index in [9.17, 15) is 4.79 Å². The number of morpholine rings is 1. The van der Waals surface area contributed by atoms with E-state index in [1.165, 1.54) is 11.3 Å². The molecule has 0 unspecified atom stereocenters. The molecule has 0 N–H and O–H groups in total. The summed E-state index contributed by atoms with van der Waals surface area (Å²) in [6.07, 6.45) is 2.54. The van der Waals surface area contributed by atoms with Crippen LogP contribution in [0.15, 0.2) is 30.5 Å². The Bertz CT molecular complexity index is 1030. The van der Waals surface area contributed by atoms with Crippen molar-refractivity contribution in [2.45, 2.75) is 26.3 Å². The second kappa shape index (κ2) is 9.76. The molecule has 166 valence electrons. The molecular formula is C22H29N5O3S. The SMILES string of the molecule is COc1ccc2sc(N(CCCN3CCOCC3)C(=O)c3ccnn3C(C)C)nc2c1. The summed E-state index contributed by atoms with van der Waals surface area (Å²) >= 11 is 1.53. The molecule has 31 heavy (non-hydrogen) atoms. The second-order valence-electron chi connectivity index (χ2n) is 7.85. The van der Waals surface area contributed by atoms with Crippen LogP contribution in [0.3, 0.4) is 0 Å². The van der Waals surface area contributed by atoms with Crippen LogP contribution in [0.1, 0.15) is 36.8 Å². The standard InChI is InChI=1S/C22H29N5O3S/c1-16(2)27-19(7-8-23-27)21(28)26(10-4-9-25-11-13-30-14-12-25)22-24-18-15-17(29-3)5-6-20(18)31-22/h5-8,15-16H,4,9-14H2,1-3H3. The number of nitrogens with zero attached hydrogens (tertiary/aromatic N) is 5. The van der Waals surface area contributed by atoms with E-state index < -0.39 is 0 Å². The van der Waals surface area contributed by atoms with Crippen LogP contribution in [0.2, 0.25) is 0 Å². The average Bonchev–Trinajstić information content (AvgIpc) is 3.43. The Morgan fingerprint density at radius 1 is 1.29 bits per heavy atom. The van der Waals surface area contributed by atoms with Gasteiger partial charge in [-0.3, -0.25) is 19.3 Å². The van der Waals surface area contributed by atoms with Crippen molar-refractivity contribution in [2.24, 2.45) is 0 Å². The van der Waals surface area contributed by atoms with Gasteiger partial charge in [-0.25, -0.2) is 4.98 Å². The highest BCUT2D eigenvalue weighted by atomic mass is 32.1. The maximum absolute atomic E-state index is 13.6. The fraction of sp³-hybridized carbons (Fsp3) is 0.500. The zero-order chi connectivity index (χ0) is 21.8. The van der Waals surface area contributed by atoms with E-state index in [0.717, 1.165) is 55.2 Å². The average molecular weight is 444 g/mol. The van der Waals surface area contributed by atoms with Crippen molar-refractivity contribution in [3.8, 4) is 5.75 Å². The monoisotopic (exact) mass is 443 g/mol. The third-order valence-electron chi connectivity index (χ3n) is 5.40. The summed E-state index contributed by atoms with van der Waals surface area (Å²) in [4.78, 5) is 22.5. The van der Waals surface area contributed by atoms with Crippen LogP contribution in [0, 0.1) is 0 Å². The highest BCUT2D eigenvalue weighted by molar-refractivity contribution is 7.22. The zero-order valence-corrected chi connectivity index (χ0v) is 19.1. The highest BCUT2D eigenvalue weighted by Crippen LogP contribution is 2.32. The van der Waals surface area contributed by atoms with Crippen LogP contribution >= 0.6 is 11.3 Å². The number of carbonyl (C=O) groups excluding carboxylic acids is 1. The lowest BCUT2D eigenvalue weighted by Gasteiger charge is -2.28. The number of thiazole rings is 1. The van der Waals surface area contributed by atoms with Gasteiger partial charge in [0.2, 0.25) is 0 Å². The highest BCUT2D eigenvalue weighted by Gasteiger charge is 2.25. The number of methoxy groups -OCH3 is 1. The molecule has 0 bridgehead atoms. The fourth-order valence-electron chi connectivity index (χ4n) is 3.73. The van der Waals surface area contributed by atoms with Gasteiger partial charge < -0.3 is 9.47 Å². The molecule has 4 rings (SSSR count). The first-order valence-corrected chi connectivity index (χ1v) is 11.5. The minimum absolute atomic E-state index is 0.0702. The number of rotatable bonds is 8. The third kappa shape index (κ3) is 4.89. The van der Waals surface area contributed by atoms with E-state index in [-0.39, 0.29) is 11.9 Å². The maximum Gasteiger partial charge on any atom is 0.278 e. The van der Waals surface area contributed by atoms with E-state index in [1.807, 2.05) is 32.0 Å². The van der Waals surface area contributed by atoms with E-state index in [1.54, 1.807) is 29.0 Å². The van der Waals surface area contributed by atoms with Gasteiger partial charge in [0.1, 0.15) is 11.4 Å². The molecular weight excluding hydrogens is 414 g/mol. The smallest absolute Gasteiger partial charge is 0.278 e. The van der Waals surface area contributed by atoms with Crippen molar-refractivity contribution < 1.29 is 14.3 Å². The first kappa shape index (κ1) is 21.7. The summed E-state index contributed by atoms with van der Waals surface area (Å²) in [6.45, 7) is 8.99. The number of ether oxygens (including phenoxy) is 2. The molecule has 2 aromatic heterocycles. The summed E-state index contributed by atoms with van der Waals surface area (Å²) in [5, 5.41) is 5.05. The van der Waals surface area contributed by atoms with Gasteiger partial charge in [-0.05, 0) is 38.5 Å². The van der Waals surface area contributed by atoms with Crippen molar-refractivity contribution >= 4 is 32.6 Å². The molecule has 0 radical (unpaired) electrons. The molecule has 1 amide bonds. The molecule has 1 fully saturated rings. The molecule has 1 aromatic carbocycles. The van der Waals surface area contributed by atoms with Gasteiger partial charge in [0.15, 0.2) is 5.13 Å². The molecule has 8 nitrogen and oxygen atoms in total. The van der Waals surface area contributed by atoms with Crippen molar-refractivity contribution in [1.29, 1.82) is 0 Å². The number of anilines is 1. The van der Waals surface area contributed by atoms with E-state index in [0.29, 0.717) is 17.4 Å². The van der Waals surface area contributed by atoms with Gasteiger partial charge in [0, 0.05) is 44.5 Å². The third-order valence-corrected chi connectivity index (χ3v) is 6.46. The zero-order valence-electron chi connectivity index (χ0n) is 18.3. The van der Waals surface area contributed by atoms with Crippen LogP contribution in [0.25, 0.3) is 10.2 Å². The molecule has 3 aromatic rings. The van der Waals surface area contributed by atoms with Crippen molar-refractivity contribution in [1.82, 2.24) is 19.7 Å². The van der Waals surface area contributed by atoms with E-state index in [4.69, 9.17) is 14.5 Å². The summed E-state index contributed by atoms with van der Waals surface area (Å²) in [7, 11) is 1.64. The number of benzene rings is 1. The molecule has 9 heteroatoms. The quantitative estimate of drug-likeness (QED) is 0.531. The van der Waals surface area contributed by atoms with Gasteiger partial charge in [-0.15, -0.1) is 0 Å². The Morgan fingerprint density at radius 2 is 2.10 bits per heavy atom. The Hall–Kier alpha value is -2.49. The Kier molecular flexibility index (Phi) is 6.84. The normalized spacial score (nSPS) is 15.0. The first-order valence-electron chi connectivity index (χ1n) is 10.7. The molecule has 0 spiro atoms.